The van der Waals surface area contributed by atoms with Gasteiger partial charge in [-0.2, -0.15) is 0 Å². The Bertz CT molecular complexity index is 641. The minimum atomic E-state index is -0.303. The predicted octanol–water partition coefficient (Wildman–Crippen LogP) is 3.01. The Morgan fingerprint density at radius 2 is 1.68 bits per heavy atom. The van der Waals surface area contributed by atoms with Crippen LogP contribution in [0.5, 0.6) is 0 Å². The summed E-state index contributed by atoms with van der Waals surface area (Å²) in [4.78, 5) is 25.4. The molecular formula is C17H17ClN2O2. The minimum absolute atomic E-state index is 0.182. The molecular weight excluding hydrogens is 300 g/mol. The lowest BCUT2D eigenvalue weighted by molar-refractivity contribution is -0.127. The second-order valence-corrected chi connectivity index (χ2v) is 5.30. The zero-order valence-electron chi connectivity index (χ0n) is 12.3. The molecule has 114 valence electrons. The molecule has 0 fully saturated rings. The topological polar surface area (TPSA) is 49.4 Å². The fraction of sp³-hybridized carbons (Fsp3) is 0.176. The van der Waals surface area contributed by atoms with Crippen molar-refractivity contribution in [2.75, 3.05) is 11.9 Å². The molecule has 4 nitrogen and oxygen atoms in total. The number of rotatable bonds is 5. The van der Waals surface area contributed by atoms with Crippen LogP contribution in [0.3, 0.4) is 0 Å². The largest absolute Gasteiger partial charge is 0.352 e. The highest BCUT2D eigenvalue weighted by Gasteiger charge is 2.14. The molecule has 0 saturated heterocycles. The molecule has 0 aliphatic heterocycles. The summed E-state index contributed by atoms with van der Waals surface area (Å²) in [5.74, 6) is -0.553. The maximum Gasteiger partial charge on any atom is 0.236 e. The number of halogens is 1. The Morgan fingerprint density at radius 1 is 1.05 bits per heavy atom. The van der Waals surface area contributed by atoms with Crippen LogP contribution >= 0.6 is 11.6 Å². The Balaban J connectivity index is 1.83. The van der Waals surface area contributed by atoms with Gasteiger partial charge in [-0.1, -0.05) is 41.9 Å². The van der Waals surface area contributed by atoms with Crippen LogP contribution in [-0.4, -0.2) is 18.9 Å². The van der Waals surface area contributed by atoms with E-state index in [9.17, 15) is 9.59 Å². The molecule has 0 saturated carbocycles. The lowest BCUT2D eigenvalue weighted by Crippen LogP contribution is -2.33. The van der Waals surface area contributed by atoms with Crippen molar-refractivity contribution < 1.29 is 9.59 Å². The Hall–Kier alpha value is -2.33. The third-order valence-corrected chi connectivity index (χ3v) is 3.48. The first-order chi connectivity index (χ1) is 10.6. The third kappa shape index (κ3) is 4.60. The molecule has 0 unspecified atom stereocenters. The summed E-state index contributed by atoms with van der Waals surface area (Å²) >= 11 is 5.80. The summed E-state index contributed by atoms with van der Waals surface area (Å²) in [6.07, 6.45) is -0.182. The number of hydrogen-bond acceptors (Lipinski definition) is 2. The number of amides is 2. The number of hydrogen-bond donors (Lipinski definition) is 1. The monoisotopic (exact) mass is 316 g/mol. The average Bonchev–Trinajstić information content (AvgIpc) is 2.54. The van der Waals surface area contributed by atoms with Gasteiger partial charge in [-0.15, -0.1) is 0 Å². The summed E-state index contributed by atoms with van der Waals surface area (Å²) in [5.41, 5.74) is 1.69. The van der Waals surface area contributed by atoms with E-state index in [1.807, 2.05) is 42.5 Å². The van der Waals surface area contributed by atoms with E-state index in [4.69, 9.17) is 11.6 Å². The van der Waals surface area contributed by atoms with Gasteiger partial charge in [-0.05, 0) is 29.8 Å². The van der Waals surface area contributed by atoms with Crippen molar-refractivity contribution in [1.29, 1.82) is 0 Å². The second kappa shape index (κ2) is 7.61. The van der Waals surface area contributed by atoms with Crippen LogP contribution in [0.25, 0.3) is 0 Å². The maximum atomic E-state index is 12.1. The number of para-hydroxylation sites is 1. The highest BCUT2D eigenvalue weighted by Crippen LogP contribution is 2.12. The quantitative estimate of drug-likeness (QED) is 0.862. The lowest BCUT2D eigenvalue weighted by atomic mass is 10.2. The van der Waals surface area contributed by atoms with Crippen molar-refractivity contribution in [2.45, 2.75) is 13.0 Å². The highest BCUT2D eigenvalue weighted by atomic mass is 35.5. The number of carbonyl (C=O) groups is 2. The van der Waals surface area contributed by atoms with Crippen LogP contribution in [0, 0.1) is 0 Å². The van der Waals surface area contributed by atoms with Gasteiger partial charge >= 0.3 is 0 Å². The van der Waals surface area contributed by atoms with Crippen LogP contribution in [0.2, 0.25) is 5.02 Å². The maximum absolute atomic E-state index is 12.1. The molecule has 2 amide bonds. The Morgan fingerprint density at radius 3 is 2.32 bits per heavy atom. The molecule has 22 heavy (non-hydrogen) atoms. The van der Waals surface area contributed by atoms with Crippen LogP contribution in [0.4, 0.5) is 5.69 Å². The zero-order valence-corrected chi connectivity index (χ0v) is 13.0. The molecule has 0 spiro atoms. The van der Waals surface area contributed by atoms with E-state index in [-0.39, 0.29) is 18.2 Å². The summed E-state index contributed by atoms with van der Waals surface area (Å²) in [6, 6.07) is 16.4. The van der Waals surface area contributed by atoms with Crippen molar-refractivity contribution in [2.24, 2.45) is 0 Å². The van der Waals surface area contributed by atoms with E-state index in [2.05, 4.69) is 5.32 Å². The number of nitrogens with one attached hydrogen (secondary N) is 1. The van der Waals surface area contributed by atoms with Crippen LogP contribution in [-0.2, 0) is 16.1 Å². The summed E-state index contributed by atoms with van der Waals surface area (Å²) in [5, 5.41) is 3.37. The van der Waals surface area contributed by atoms with E-state index in [1.165, 1.54) is 4.90 Å². The average molecular weight is 317 g/mol. The van der Waals surface area contributed by atoms with E-state index in [0.717, 1.165) is 11.3 Å². The van der Waals surface area contributed by atoms with Crippen molar-refractivity contribution in [3.8, 4) is 0 Å². The van der Waals surface area contributed by atoms with Crippen molar-refractivity contribution in [3.63, 3.8) is 0 Å². The Kier molecular flexibility index (Phi) is 5.55. The first kappa shape index (κ1) is 16.0. The fourth-order valence-electron chi connectivity index (χ4n) is 1.92. The molecule has 0 aromatic heterocycles. The molecule has 0 bridgehead atoms. The molecule has 2 aromatic carbocycles. The van der Waals surface area contributed by atoms with Crippen LogP contribution in [0.1, 0.15) is 12.0 Å². The van der Waals surface area contributed by atoms with Crippen molar-refractivity contribution in [1.82, 2.24) is 5.32 Å². The molecule has 0 atom stereocenters. The molecule has 5 heteroatoms. The zero-order chi connectivity index (χ0) is 15.9. The molecule has 1 N–H and O–H groups in total. The van der Waals surface area contributed by atoms with Crippen LogP contribution < -0.4 is 10.2 Å². The summed E-state index contributed by atoms with van der Waals surface area (Å²) < 4.78 is 0. The second-order valence-electron chi connectivity index (χ2n) is 4.87. The summed E-state index contributed by atoms with van der Waals surface area (Å²) in [7, 11) is 1.66. The standard InChI is InChI=1S/C17H17ClN2O2/c1-20(15-5-3-2-4-6-15)17(22)11-16(21)19-12-13-7-9-14(18)10-8-13/h2-10H,11-12H2,1H3,(H,19,21). The SMILES string of the molecule is CN(C(=O)CC(=O)NCc1ccc(Cl)cc1)c1ccccc1. The molecule has 0 heterocycles. The molecule has 2 rings (SSSR count). The predicted molar refractivity (Wildman–Crippen MR) is 87.8 cm³/mol. The van der Waals surface area contributed by atoms with Gasteiger partial charge in [0.1, 0.15) is 6.42 Å². The van der Waals surface area contributed by atoms with E-state index >= 15 is 0 Å². The van der Waals surface area contributed by atoms with E-state index in [1.54, 1.807) is 19.2 Å². The fourth-order valence-corrected chi connectivity index (χ4v) is 2.04. The molecule has 0 aliphatic carbocycles. The molecule has 0 aliphatic rings. The van der Waals surface area contributed by atoms with Gasteiger partial charge in [-0.3, -0.25) is 9.59 Å². The van der Waals surface area contributed by atoms with Gasteiger partial charge in [0, 0.05) is 24.3 Å². The number of nitrogens with zero attached hydrogens (tertiary/aromatic N) is 1. The normalized spacial score (nSPS) is 10.1. The smallest absolute Gasteiger partial charge is 0.236 e. The lowest BCUT2D eigenvalue weighted by Gasteiger charge is -2.17. The van der Waals surface area contributed by atoms with Crippen LogP contribution in [0.15, 0.2) is 54.6 Å². The van der Waals surface area contributed by atoms with Gasteiger partial charge in [0.25, 0.3) is 0 Å². The first-order valence-electron chi connectivity index (χ1n) is 6.89. The number of benzene rings is 2. The molecule has 2 aromatic rings. The van der Waals surface area contributed by atoms with E-state index in [0.29, 0.717) is 11.6 Å². The van der Waals surface area contributed by atoms with Crippen molar-refractivity contribution >= 4 is 29.1 Å². The van der Waals surface area contributed by atoms with Gasteiger partial charge in [-0.25, -0.2) is 0 Å². The highest BCUT2D eigenvalue weighted by molar-refractivity contribution is 6.30. The molecule has 0 radical (unpaired) electrons. The van der Waals surface area contributed by atoms with Gasteiger partial charge in [0.2, 0.25) is 11.8 Å². The number of carbonyl (C=O) groups excluding carboxylic acids is 2. The van der Waals surface area contributed by atoms with Gasteiger partial charge < -0.3 is 10.2 Å². The first-order valence-corrected chi connectivity index (χ1v) is 7.27. The van der Waals surface area contributed by atoms with Crippen molar-refractivity contribution in [3.05, 3.63) is 65.2 Å². The van der Waals surface area contributed by atoms with Gasteiger partial charge in [0.05, 0.1) is 0 Å². The minimum Gasteiger partial charge on any atom is -0.352 e. The van der Waals surface area contributed by atoms with Gasteiger partial charge in [0.15, 0.2) is 0 Å². The van der Waals surface area contributed by atoms with E-state index < -0.39 is 0 Å². The third-order valence-electron chi connectivity index (χ3n) is 3.23. The Labute approximate surface area is 134 Å². The summed E-state index contributed by atoms with van der Waals surface area (Å²) in [6.45, 7) is 0.373. The number of anilines is 1.